The predicted octanol–water partition coefficient (Wildman–Crippen LogP) is 3.10. The maximum atomic E-state index is 13.8. The highest BCUT2D eigenvalue weighted by Gasteiger charge is 2.14. The summed E-state index contributed by atoms with van der Waals surface area (Å²) in [5, 5.41) is 5.20. The van der Waals surface area contributed by atoms with Crippen LogP contribution in [0.25, 0.3) is 0 Å². The van der Waals surface area contributed by atoms with Gasteiger partial charge in [0.15, 0.2) is 11.6 Å². The Morgan fingerprint density at radius 2 is 1.76 bits per heavy atom. The number of hydrogen-bond acceptors (Lipinski definition) is 6. The van der Waals surface area contributed by atoms with Crippen molar-refractivity contribution in [3.63, 3.8) is 0 Å². The summed E-state index contributed by atoms with van der Waals surface area (Å²) in [6.45, 7) is 2.12. The number of nitrogens with one attached hydrogen (secondary N) is 2. The zero-order chi connectivity index (χ0) is 15.4. The third kappa shape index (κ3) is 3.75. The fraction of sp³-hybridized carbons (Fsp3) is 0.250. The van der Waals surface area contributed by atoms with Crippen LogP contribution < -0.4 is 15.4 Å². The van der Waals surface area contributed by atoms with Crippen molar-refractivity contribution in [1.29, 1.82) is 0 Å². The van der Waals surface area contributed by atoms with Crippen molar-refractivity contribution < 1.29 is 13.5 Å². The van der Waals surface area contributed by atoms with E-state index in [0.717, 1.165) is 12.1 Å². The van der Waals surface area contributed by atoms with Gasteiger partial charge in [0.25, 0.3) is 0 Å². The van der Waals surface area contributed by atoms with Crippen LogP contribution in [0.2, 0.25) is 0 Å². The quantitative estimate of drug-likeness (QED) is 0.854. The molecule has 0 saturated carbocycles. The molecule has 2 N–H and O–H groups in total. The molecule has 0 spiro atoms. The highest BCUT2D eigenvalue weighted by atomic mass is 79.9. The summed E-state index contributed by atoms with van der Waals surface area (Å²) >= 11 is 3.01. The predicted molar refractivity (Wildman–Crippen MR) is 77.9 cm³/mol. The van der Waals surface area contributed by atoms with Gasteiger partial charge in [0.1, 0.15) is 5.69 Å². The van der Waals surface area contributed by atoms with Crippen LogP contribution in [-0.4, -0.2) is 28.6 Å². The monoisotopic (exact) mass is 359 g/mol. The lowest BCUT2D eigenvalue weighted by Gasteiger charge is -2.10. The highest BCUT2D eigenvalue weighted by molar-refractivity contribution is 9.10. The molecular formula is C12H12BrF2N5O. The number of rotatable bonds is 5. The zero-order valence-corrected chi connectivity index (χ0v) is 12.8. The summed E-state index contributed by atoms with van der Waals surface area (Å²) in [6.07, 6.45) is 0. The Kier molecular flexibility index (Phi) is 4.84. The van der Waals surface area contributed by atoms with Gasteiger partial charge in [0.05, 0.1) is 6.61 Å². The molecule has 1 aromatic carbocycles. The largest absolute Gasteiger partial charge is 0.464 e. The fourth-order valence-corrected chi connectivity index (χ4v) is 1.89. The van der Waals surface area contributed by atoms with Gasteiger partial charge in [0, 0.05) is 11.5 Å². The maximum Gasteiger partial charge on any atom is 0.323 e. The summed E-state index contributed by atoms with van der Waals surface area (Å²) in [5.41, 5.74) is -0.353. The number of hydrogen-bond donors (Lipinski definition) is 2. The van der Waals surface area contributed by atoms with Crippen LogP contribution in [0.1, 0.15) is 6.92 Å². The van der Waals surface area contributed by atoms with Crippen molar-refractivity contribution in [1.82, 2.24) is 15.0 Å². The smallest absolute Gasteiger partial charge is 0.323 e. The molecule has 1 heterocycles. The molecule has 0 aliphatic rings. The molecule has 0 radical (unpaired) electrons. The molecule has 1 aromatic heterocycles. The standard InChI is InChI=1S/C12H12BrF2N5O/c1-3-21-12-19-10(16-2)18-11(20-12)17-9-7(14)4-6(13)5-8(9)15/h4-5H,3H2,1-2H3,(H2,16,17,18,19,20). The normalized spacial score (nSPS) is 10.3. The Morgan fingerprint density at radius 1 is 1.14 bits per heavy atom. The highest BCUT2D eigenvalue weighted by Crippen LogP contribution is 2.26. The van der Waals surface area contributed by atoms with Crippen LogP contribution in [0, 0.1) is 11.6 Å². The molecule has 0 amide bonds. The molecular weight excluding hydrogens is 348 g/mol. The number of ether oxygens (including phenoxy) is 1. The van der Waals surface area contributed by atoms with Crippen molar-refractivity contribution in [2.45, 2.75) is 6.92 Å². The average molecular weight is 360 g/mol. The second-order valence-corrected chi connectivity index (χ2v) is 4.73. The minimum atomic E-state index is -0.772. The van der Waals surface area contributed by atoms with Crippen molar-refractivity contribution in [3.8, 4) is 6.01 Å². The van der Waals surface area contributed by atoms with Gasteiger partial charge >= 0.3 is 6.01 Å². The Balaban J connectivity index is 2.37. The van der Waals surface area contributed by atoms with Crippen molar-refractivity contribution in [3.05, 3.63) is 28.2 Å². The second-order valence-electron chi connectivity index (χ2n) is 3.82. The lowest BCUT2D eigenvalue weighted by Crippen LogP contribution is -2.08. The molecule has 21 heavy (non-hydrogen) atoms. The van der Waals surface area contributed by atoms with Gasteiger partial charge in [-0.05, 0) is 19.1 Å². The molecule has 2 aromatic rings. The fourth-order valence-electron chi connectivity index (χ4n) is 1.49. The van der Waals surface area contributed by atoms with Gasteiger partial charge in [-0.2, -0.15) is 15.0 Å². The molecule has 0 bridgehead atoms. The Hall–Kier alpha value is -2.03. The van der Waals surface area contributed by atoms with E-state index in [2.05, 4.69) is 41.5 Å². The van der Waals surface area contributed by atoms with Gasteiger partial charge in [-0.1, -0.05) is 15.9 Å². The van der Waals surface area contributed by atoms with Crippen LogP contribution in [0.4, 0.5) is 26.4 Å². The van der Waals surface area contributed by atoms with E-state index in [9.17, 15) is 8.78 Å². The summed E-state index contributed by atoms with van der Waals surface area (Å²) in [5.74, 6) is -1.36. The molecule has 112 valence electrons. The van der Waals surface area contributed by atoms with Gasteiger partial charge in [-0.15, -0.1) is 0 Å². The van der Waals surface area contributed by atoms with E-state index in [0.29, 0.717) is 11.1 Å². The molecule has 0 saturated heterocycles. The summed E-state index contributed by atoms with van der Waals surface area (Å²) in [7, 11) is 1.61. The van der Waals surface area contributed by atoms with E-state index in [-0.39, 0.29) is 23.6 Å². The molecule has 2 rings (SSSR count). The Labute approximate surface area is 128 Å². The minimum absolute atomic E-state index is 0.0297. The van der Waals surface area contributed by atoms with E-state index in [4.69, 9.17) is 4.74 Å². The first-order chi connectivity index (χ1) is 10.0. The van der Waals surface area contributed by atoms with Gasteiger partial charge < -0.3 is 15.4 Å². The Morgan fingerprint density at radius 3 is 2.33 bits per heavy atom. The van der Waals surface area contributed by atoms with Crippen molar-refractivity contribution in [2.75, 3.05) is 24.3 Å². The molecule has 0 aliphatic carbocycles. The third-order valence-corrected chi connectivity index (χ3v) is 2.81. The molecule has 0 atom stereocenters. The van der Waals surface area contributed by atoms with Crippen LogP contribution in [0.15, 0.2) is 16.6 Å². The summed E-state index contributed by atoms with van der Waals surface area (Å²) in [4.78, 5) is 11.8. The first-order valence-corrected chi connectivity index (χ1v) is 6.81. The summed E-state index contributed by atoms with van der Waals surface area (Å²) in [6, 6.07) is 2.32. The van der Waals surface area contributed by atoms with Gasteiger partial charge in [-0.25, -0.2) is 8.78 Å². The lowest BCUT2D eigenvalue weighted by molar-refractivity contribution is 0.312. The number of aromatic nitrogens is 3. The van der Waals surface area contributed by atoms with Gasteiger partial charge in [0.2, 0.25) is 11.9 Å². The number of anilines is 3. The van der Waals surface area contributed by atoms with Crippen LogP contribution >= 0.6 is 15.9 Å². The van der Waals surface area contributed by atoms with Gasteiger partial charge in [-0.3, -0.25) is 0 Å². The van der Waals surface area contributed by atoms with E-state index in [1.54, 1.807) is 14.0 Å². The zero-order valence-electron chi connectivity index (χ0n) is 11.2. The maximum absolute atomic E-state index is 13.8. The third-order valence-electron chi connectivity index (χ3n) is 2.36. The number of nitrogens with zero attached hydrogens (tertiary/aromatic N) is 3. The molecule has 0 unspecified atom stereocenters. The SMILES string of the molecule is CCOc1nc(NC)nc(Nc2c(F)cc(Br)cc2F)n1. The molecule has 6 nitrogen and oxygen atoms in total. The lowest BCUT2D eigenvalue weighted by atomic mass is 10.3. The first-order valence-electron chi connectivity index (χ1n) is 6.01. The number of halogens is 3. The van der Waals surface area contributed by atoms with E-state index >= 15 is 0 Å². The van der Waals surface area contributed by atoms with Crippen LogP contribution in [0.5, 0.6) is 6.01 Å². The van der Waals surface area contributed by atoms with Crippen LogP contribution in [0.3, 0.4) is 0 Å². The average Bonchev–Trinajstić information content (AvgIpc) is 2.43. The minimum Gasteiger partial charge on any atom is -0.464 e. The van der Waals surface area contributed by atoms with E-state index in [1.807, 2.05) is 0 Å². The first kappa shape index (κ1) is 15.4. The van der Waals surface area contributed by atoms with E-state index in [1.165, 1.54) is 0 Å². The molecule has 9 heteroatoms. The summed E-state index contributed by atoms with van der Waals surface area (Å²) < 4.78 is 33.0. The number of benzene rings is 1. The van der Waals surface area contributed by atoms with Crippen molar-refractivity contribution >= 4 is 33.5 Å². The second kappa shape index (κ2) is 6.61. The topological polar surface area (TPSA) is 72.0 Å². The molecule has 0 aliphatic heterocycles. The Bertz CT molecular complexity index is 633. The van der Waals surface area contributed by atoms with E-state index < -0.39 is 11.6 Å². The van der Waals surface area contributed by atoms with Crippen LogP contribution in [-0.2, 0) is 0 Å². The van der Waals surface area contributed by atoms with Crippen molar-refractivity contribution in [2.24, 2.45) is 0 Å². The molecule has 0 fully saturated rings.